The molecule has 1 saturated heterocycles. The molecule has 0 bridgehead atoms. The van der Waals surface area contributed by atoms with E-state index in [9.17, 15) is 0 Å². The summed E-state index contributed by atoms with van der Waals surface area (Å²) in [7, 11) is 2.17. The van der Waals surface area contributed by atoms with Crippen molar-refractivity contribution >= 4 is 17.3 Å². The Balaban J connectivity index is 0.000000861. The number of piperazine rings is 1. The van der Waals surface area contributed by atoms with Gasteiger partial charge in [0, 0.05) is 36.9 Å². The minimum absolute atomic E-state index is 0.490. The molecule has 19 heavy (non-hydrogen) atoms. The topological polar surface area (TPSA) is 6.48 Å². The van der Waals surface area contributed by atoms with Gasteiger partial charge in [-0.25, -0.2) is 0 Å². The van der Waals surface area contributed by atoms with Crippen molar-refractivity contribution in [3.8, 4) is 0 Å². The maximum Gasteiger partial charge on any atom is 0.0461 e. The summed E-state index contributed by atoms with van der Waals surface area (Å²) in [5.74, 6) is 0.490. The first-order valence-electron chi connectivity index (χ1n) is 7.31. The lowest BCUT2D eigenvalue weighted by Crippen LogP contribution is -2.44. The molecule has 0 amide bonds. The zero-order valence-electron chi connectivity index (χ0n) is 12.9. The summed E-state index contributed by atoms with van der Waals surface area (Å²) in [6, 6.07) is 6.48. The van der Waals surface area contributed by atoms with Crippen molar-refractivity contribution in [1.82, 2.24) is 4.90 Å². The lowest BCUT2D eigenvalue weighted by Gasteiger charge is -2.34. The highest BCUT2D eigenvalue weighted by molar-refractivity contribution is 6.31. The van der Waals surface area contributed by atoms with Crippen molar-refractivity contribution in [3.63, 3.8) is 0 Å². The second kappa shape index (κ2) is 7.76. The molecule has 0 aromatic heterocycles. The van der Waals surface area contributed by atoms with E-state index in [-0.39, 0.29) is 0 Å². The van der Waals surface area contributed by atoms with Crippen LogP contribution in [0.4, 0.5) is 5.69 Å². The number of nitrogens with zero attached hydrogens (tertiary/aromatic N) is 2. The molecule has 1 aliphatic rings. The molecule has 1 heterocycles. The van der Waals surface area contributed by atoms with Crippen LogP contribution >= 0.6 is 11.6 Å². The average molecular weight is 283 g/mol. The molecule has 3 heteroatoms. The molecule has 2 rings (SSSR count). The highest BCUT2D eigenvalue weighted by Crippen LogP contribution is 2.29. The molecule has 1 aromatic rings. The van der Waals surface area contributed by atoms with Crippen molar-refractivity contribution in [2.45, 2.75) is 33.6 Å². The van der Waals surface area contributed by atoms with Crippen LogP contribution in [0.25, 0.3) is 0 Å². The second-order valence-electron chi connectivity index (χ2n) is 5.15. The normalized spacial score (nSPS) is 16.3. The first kappa shape index (κ1) is 16.3. The van der Waals surface area contributed by atoms with Gasteiger partial charge in [0.1, 0.15) is 0 Å². The monoisotopic (exact) mass is 282 g/mol. The minimum atomic E-state index is 0.490. The van der Waals surface area contributed by atoms with Crippen molar-refractivity contribution in [1.29, 1.82) is 0 Å². The summed E-state index contributed by atoms with van der Waals surface area (Å²) in [6.45, 7) is 12.8. The fourth-order valence-corrected chi connectivity index (χ4v) is 2.64. The van der Waals surface area contributed by atoms with Crippen LogP contribution in [0.5, 0.6) is 0 Å². The fourth-order valence-electron chi connectivity index (χ4n) is 2.25. The molecule has 0 spiro atoms. The summed E-state index contributed by atoms with van der Waals surface area (Å²) in [4.78, 5) is 4.77. The van der Waals surface area contributed by atoms with E-state index in [0.29, 0.717) is 5.92 Å². The Morgan fingerprint density at radius 2 is 1.63 bits per heavy atom. The minimum Gasteiger partial charge on any atom is -0.369 e. The first-order chi connectivity index (χ1) is 9.08. The SMILES string of the molecule is CC.CC(C)c1ccc(N2CCN(C)CC2)cc1Cl. The molecule has 0 saturated carbocycles. The average Bonchev–Trinajstić information content (AvgIpc) is 2.41. The van der Waals surface area contributed by atoms with Gasteiger partial charge in [0.25, 0.3) is 0 Å². The molecule has 0 unspecified atom stereocenters. The molecule has 0 atom stereocenters. The maximum atomic E-state index is 6.34. The third-order valence-corrected chi connectivity index (χ3v) is 3.80. The van der Waals surface area contributed by atoms with Crippen LogP contribution in [0.3, 0.4) is 0 Å². The first-order valence-corrected chi connectivity index (χ1v) is 7.68. The number of hydrogen-bond acceptors (Lipinski definition) is 2. The Hall–Kier alpha value is -0.730. The highest BCUT2D eigenvalue weighted by Gasteiger charge is 2.15. The van der Waals surface area contributed by atoms with Crippen molar-refractivity contribution in [3.05, 3.63) is 28.8 Å². The summed E-state index contributed by atoms with van der Waals surface area (Å²) in [5.41, 5.74) is 2.50. The quantitative estimate of drug-likeness (QED) is 0.800. The predicted molar refractivity (Wildman–Crippen MR) is 86.6 cm³/mol. The molecular formula is C16H27ClN2. The van der Waals surface area contributed by atoms with E-state index in [4.69, 9.17) is 11.6 Å². The Morgan fingerprint density at radius 1 is 1.05 bits per heavy atom. The van der Waals surface area contributed by atoms with Gasteiger partial charge in [-0.3, -0.25) is 0 Å². The molecule has 1 fully saturated rings. The molecule has 2 nitrogen and oxygen atoms in total. The number of likely N-dealkylation sites (N-methyl/N-ethyl adjacent to an activating group) is 1. The van der Waals surface area contributed by atoms with E-state index in [2.05, 4.69) is 48.9 Å². The molecule has 1 aromatic carbocycles. The van der Waals surface area contributed by atoms with E-state index in [1.165, 1.54) is 11.3 Å². The Kier molecular flexibility index (Phi) is 6.67. The van der Waals surface area contributed by atoms with Gasteiger partial charge in [0.15, 0.2) is 0 Å². The van der Waals surface area contributed by atoms with Crippen LogP contribution in [-0.4, -0.2) is 38.1 Å². The summed E-state index contributed by atoms with van der Waals surface area (Å²) in [6.07, 6.45) is 0. The van der Waals surface area contributed by atoms with Crippen LogP contribution < -0.4 is 4.90 Å². The molecule has 0 aliphatic carbocycles. The summed E-state index contributed by atoms with van der Waals surface area (Å²) >= 11 is 6.34. The van der Waals surface area contributed by atoms with Crippen LogP contribution in [0.1, 0.15) is 39.2 Å². The van der Waals surface area contributed by atoms with E-state index in [1.807, 2.05) is 13.8 Å². The molecule has 108 valence electrons. The number of halogens is 1. The molecule has 0 radical (unpaired) electrons. The number of benzene rings is 1. The maximum absolute atomic E-state index is 6.34. The van der Waals surface area contributed by atoms with Gasteiger partial charge >= 0.3 is 0 Å². The predicted octanol–water partition coefficient (Wildman–Crippen LogP) is 4.24. The van der Waals surface area contributed by atoms with Gasteiger partial charge in [-0.15, -0.1) is 0 Å². The zero-order chi connectivity index (χ0) is 14.4. The summed E-state index contributed by atoms with van der Waals surface area (Å²) < 4.78 is 0. The Labute approximate surface area is 123 Å². The van der Waals surface area contributed by atoms with Crippen LogP contribution in [0, 0.1) is 0 Å². The fraction of sp³-hybridized carbons (Fsp3) is 0.625. The van der Waals surface area contributed by atoms with Gasteiger partial charge in [0.05, 0.1) is 0 Å². The third-order valence-electron chi connectivity index (χ3n) is 3.47. The lowest BCUT2D eigenvalue weighted by molar-refractivity contribution is 0.313. The van der Waals surface area contributed by atoms with Crippen LogP contribution in [-0.2, 0) is 0 Å². The molecule has 0 N–H and O–H groups in total. The van der Waals surface area contributed by atoms with E-state index in [1.54, 1.807) is 0 Å². The van der Waals surface area contributed by atoms with Crippen LogP contribution in [0.2, 0.25) is 5.02 Å². The van der Waals surface area contributed by atoms with E-state index >= 15 is 0 Å². The second-order valence-corrected chi connectivity index (χ2v) is 5.56. The van der Waals surface area contributed by atoms with Crippen molar-refractivity contribution < 1.29 is 0 Å². The number of anilines is 1. The van der Waals surface area contributed by atoms with Gasteiger partial charge in [-0.2, -0.15) is 0 Å². The van der Waals surface area contributed by atoms with E-state index in [0.717, 1.165) is 31.2 Å². The standard InChI is InChI=1S/C14H21ClN2.C2H6/c1-11(2)13-5-4-12(10-14(13)15)17-8-6-16(3)7-9-17;1-2/h4-5,10-11H,6-9H2,1-3H3;1-2H3. The number of rotatable bonds is 2. The molecule has 1 aliphatic heterocycles. The van der Waals surface area contributed by atoms with Crippen LogP contribution in [0.15, 0.2) is 18.2 Å². The Morgan fingerprint density at radius 3 is 2.11 bits per heavy atom. The van der Waals surface area contributed by atoms with Crippen molar-refractivity contribution in [2.24, 2.45) is 0 Å². The van der Waals surface area contributed by atoms with Gasteiger partial charge in [-0.05, 0) is 30.7 Å². The van der Waals surface area contributed by atoms with Crippen molar-refractivity contribution in [2.75, 3.05) is 38.1 Å². The highest BCUT2D eigenvalue weighted by atomic mass is 35.5. The lowest BCUT2D eigenvalue weighted by atomic mass is 10.0. The smallest absolute Gasteiger partial charge is 0.0461 e. The summed E-state index contributed by atoms with van der Waals surface area (Å²) in [5, 5.41) is 0.899. The Bertz CT molecular complexity index is 382. The van der Waals surface area contributed by atoms with Gasteiger partial charge in [0.2, 0.25) is 0 Å². The largest absolute Gasteiger partial charge is 0.369 e. The van der Waals surface area contributed by atoms with E-state index < -0.39 is 0 Å². The van der Waals surface area contributed by atoms with Gasteiger partial charge < -0.3 is 9.80 Å². The number of hydrogen-bond donors (Lipinski definition) is 0. The zero-order valence-corrected chi connectivity index (χ0v) is 13.7. The third kappa shape index (κ3) is 4.39. The molecular weight excluding hydrogens is 256 g/mol. The van der Waals surface area contributed by atoms with Gasteiger partial charge in [-0.1, -0.05) is 45.4 Å².